The molecule has 2 heterocycles. The van der Waals surface area contributed by atoms with Crippen LogP contribution in [0.3, 0.4) is 0 Å². The van der Waals surface area contributed by atoms with Crippen molar-refractivity contribution in [2.45, 2.75) is 6.42 Å². The maximum atomic E-state index is 13.0. The van der Waals surface area contributed by atoms with E-state index in [2.05, 4.69) is 5.32 Å². The molecule has 34 heavy (non-hydrogen) atoms. The van der Waals surface area contributed by atoms with E-state index in [4.69, 9.17) is 35.9 Å². The van der Waals surface area contributed by atoms with Gasteiger partial charge in [0, 0.05) is 24.7 Å². The normalized spacial score (nSPS) is 15.6. The fourth-order valence-electron chi connectivity index (χ4n) is 3.44. The summed E-state index contributed by atoms with van der Waals surface area (Å²) in [4.78, 5) is 27.2. The molecule has 0 spiro atoms. The van der Waals surface area contributed by atoms with Crippen molar-refractivity contribution < 1.29 is 33.3 Å². The molecule has 0 bridgehead atoms. The average molecular weight is 503 g/mol. The van der Waals surface area contributed by atoms with Crippen molar-refractivity contribution in [1.82, 2.24) is 4.90 Å². The highest BCUT2D eigenvalue weighted by molar-refractivity contribution is 8.26. The van der Waals surface area contributed by atoms with E-state index >= 15 is 0 Å². The van der Waals surface area contributed by atoms with E-state index in [1.165, 1.54) is 38.0 Å². The Bertz CT molecular complexity index is 1160. The van der Waals surface area contributed by atoms with Crippen molar-refractivity contribution >= 4 is 51.9 Å². The lowest BCUT2D eigenvalue weighted by Crippen LogP contribution is -2.31. The number of carbonyl (C=O) groups is 2. The Morgan fingerprint density at radius 1 is 1.12 bits per heavy atom. The fraction of sp³-hybridized carbons (Fsp3) is 0.261. The molecule has 178 valence electrons. The quantitative estimate of drug-likeness (QED) is 0.428. The first-order valence-electron chi connectivity index (χ1n) is 10.2. The first-order chi connectivity index (χ1) is 16.4. The number of methoxy groups -OCH3 is 3. The Balaban J connectivity index is 1.41. The largest absolute Gasteiger partial charge is 0.493 e. The summed E-state index contributed by atoms with van der Waals surface area (Å²) in [5.41, 5.74) is 1.28. The van der Waals surface area contributed by atoms with Gasteiger partial charge in [-0.1, -0.05) is 24.0 Å². The molecule has 1 fully saturated rings. The zero-order valence-corrected chi connectivity index (χ0v) is 20.3. The summed E-state index contributed by atoms with van der Waals surface area (Å²) in [7, 11) is 4.57. The molecule has 2 aromatic carbocycles. The summed E-state index contributed by atoms with van der Waals surface area (Å²) < 4.78 is 27.0. The number of nitrogens with one attached hydrogen (secondary N) is 1. The average Bonchev–Trinajstić information content (AvgIpc) is 3.40. The van der Waals surface area contributed by atoms with Gasteiger partial charge in [-0.05, 0) is 35.9 Å². The first-order valence-corrected chi connectivity index (χ1v) is 11.4. The monoisotopic (exact) mass is 502 g/mol. The lowest BCUT2D eigenvalue weighted by atomic mass is 10.1. The summed E-state index contributed by atoms with van der Waals surface area (Å²) in [6.07, 6.45) is 1.79. The number of amides is 2. The first kappa shape index (κ1) is 23.7. The van der Waals surface area contributed by atoms with Crippen LogP contribution in [0, 0.1) is 0 Å². The number of thioether (sulfide) groups is 1. The van der Waals surface area contributed by atoms with E-state index in [9.17, 15) is 9.59 Å². The summed E-state index contributed by atoms with van der Waals surface area (Å²) >= 11 is 6.56. The summed E-state index contributed by atoms with van der Waals surface area (Å²) in [5, 5.41) is 2.80. The third-order valence-corrected chi connectivity index (χ3v) is 6.45. The van der Waals surface area contributed by atoms with E-state index in [1.807, 2.05) is 0 Å². The molecular weight excluding hydrogens is 480 g/mol. The van der Waals surface area contributed by atoms with Gasteiger partial charge >= 0.3 is 0 Å². The summed E-state index contributed by atoms with van der Waals surface area (Å²) in [6, 6.07) is 8.64. The van der Waals surface area contributed by atoms with Gasteiger partial charge < -0.3 is 29.0 Å². The Labute approximate surface area is 205 Å². The lowest BCUT2D eigenvalue weighted by molar-refractivity contribution is -0.122. The lowest BCUT2D eigenvalue weighted by Gasteiger charge is -2.14. The Hall–Kier alpha value is -3.44. The molecule has 0 radical (unpaired) electrons. The maximum Gasteiger partial charge on any atom is 0.266 e. The molecule has 2 aliphatic rings. The van der Waals surface area contributed by atoms with Crippen molar-refractivity contribution in [1.29, 1.82) is 0 Å². The van der Waals surface area contributed by atoms with E-state index in [0.717, 1.165) is 0 Å². The number of nitrogens with zero attached hydrogens (tertiary/aromatic N) is 1. The summed E-state index contributed by atoms with van der Waals surface area (Å²) in [5.74, 6) is 2.11. The van der Waals surface area contributed by atoms with Gasteiger partial charge in [0.2, 0.25) is 18.4 Å². The zero-order chi connectivity index (χ0) is 24.2. The van der Waals surface area contributed by atoms with Crippen molar-refractivity contribution in [3.05, 3.63) is 40.8 Å². The summed E-state index contributed by atoms with van der Waals surface area (Å²) in [6.45, 7) is 0.318. The van der Waals surface area contributed by atoms with E-state index < -0.39 is 0 Å². The van der Waals surface area contributed by atoms with Gasteiger partial charge in [-0.3, -0.25) is 14.5 Å². The van der Waals surface area contributed by atoms with Crippen molar-refractivity contribution in [2.24, 2.45) is 0 Å². The van der Waals surface area contributed by atoms with E-state index in [0.29, 0.717) is 49.2 Å². The topological polar surface area (TPSA) is 95.6 Å². The van der Waals surface area contributed by atoms with Gasteiger partial charge in [0.15, 0.2) is 23.0 Å². The van der Waals surface area contributed by atoms with Crippen LogP contribution in [0.25, 0.3) is 6.08 Å². The molecule has 1 N–H and O–H groups in total. The number of anilines is 1. The fourth-order valence-corrected chi connectivity index (χ4v) is 4.75. The number of rotatable bonds is 8. The number of ether oxygens (including phenoxy) is 5. The number of hydrogen-bond donors (Lipinski definition) is 1. The van der Waals surface area contributed by atoms with Crippen LogP contribution in [-0.2, 0) is 9.59 Å². The molecule has 2 aliphatic heterocycles. The highest BCUT2D eigenvalue weighted by atomic mass is 32.2. The zero-order valence-electron chi connectivity index (χ0n) is 18.7. The minimum atomic E-state index is -0.264. The smallest absolute Gasteiger partial charge is 0.266 e. The SMILES string of the molecule is COc1cc(/C=C2\SC(=S)N(CCC(=O)Nc3ccc4c(c3)OCO4)C2=O)cc(OC)c1OC. The van der Waals surface area contributed by atoms with Crippen LogP contribution in [0.4, 0.5) is 5.69 Å². The Morgan fingerprint density at radius 2 is 1.82 bits per heavy atom. The Morgan fingerprint density at radius 3 is 2.50 bits per heavy atom. The van der Waals surface area contributed by atoms with Crippen LogP contribution < -0.4 is 29.0 Å². The molecule has 0 aromatic heterocycles. The molecule has 0 aliphatic carbocycles. The predicted molar refractivity (Wildman–Crippen MR) is 132 cm³/mol. The van der Waals surface area contributed by atoms with Crippen LogP contribution in [-0.4, -0.2) is 55.7 Å². The van der Waals surface area contributed by atoms with E-state index in [1.54, 1.807) is 36.4 Å². The molecule has 2 aromatic rings. The van der Waals surface area contributed by atoms with Gasteiger partial charge in [0.25, 0.3) is 5.91 Å². The number of hydrogen-bond acceptors (Lipinski definition) is 9. The van der Waals surface area contributed by atoms with Gasteiger partial charge in [-0.2, -0.15) is 0 Å². The van der Waals surface area contributed by atoms with Gasteiger partial charge in [-0.15, -0.1) is 0 Å². The van der Waals surface area contributed by atoms with Crippen molar-refractivity contribution in [3.8, 4) is 28.7 Å². The highest BCUT2D eigenvalue weighted by Gasteiger charge is 2.32. The molecule has 0 unspecified atom stereocenters. The number of thiocarbonyl (C=S) groups is 1. The minimum Gasteiger partial charge on any atom is -0.493 e. The third-order valence-electron chi connectivity index (χ3n) is 5.08. The second-order valence-electron chi connectivity index (χ2n) is 7.16. The second-order valence-corrected chi connectivity index (χ2v) is 8.83. The minimum absolute atomic E-state index is 0.0817. The molecule has 2 amide bonds. The van der Waals surface area contributed by atoms with Crippen LogP contribution in [0.5, 0.6) is 28.7 Å². The van der Waals surface area contributed by atoms with Gasteiger partial charge in [-0.25, -0.2) is 0 Å². The second kappa shape index (κ2) is 10.2. The van der Waals surface area contributed by atoms with E-state index in [-0.39, 0.29) is 31.6 Å². The van der Waals surface area contributed by atoms with Crippen LogP contribution >= 0.6 is 24.0 Å². The Kier molecular flexibility index (Phi) is 7.13. The highest BCUT2D eigenvalue weighted by Crippen LogP contribution is 2.40. The molecule has 1 saturated heterocycles. The molecule has 0 saturated carbocycles. The predicted octanol–water partition coefficient (Wildman–Crippen LogP) is 3.67. The molecule has 9 nitrogen and oxygen atoms in total. The number of benzene rings is 2. The standard InChI is InChI=1S/C23H22N2O7S2/c1-28-17-8-13(9-18(29-2)21(17)30-3)10-19-22(27)25(23(33)34-19)7-6-20(26)24-14-4-5-15-16(11-14)32-12-31-15/h4-5,8-11H,6-7,12H2,1-3H3,(H,24,26)/b19-10-. The maximum absolute atomic E-state index is 13.0. The third kappa shape index (κ3) is 4.90. The van der Waals surface area contributed by atoms with Crippen molar-refractivity contribution in [2.75, 3.05) is 40.0 Å². The number of carbonyl (C=O) groups excluding carboxylic acids is 2. The van der Waals surface area contributed by atoms with Crippen LogP contribution in [0.15, 0.2) is 35.2 Å². The molecule has 4 rings (SSSR count). The number of fused-ring (bicyclic) bond motifs is 1. The molecule has 11 heteroatoms. The van der Waals surface area contributed by atoms with Gasteiger partial charge in [0.05, 0.1) is 26.2 Å². The van der Waals surface area contributed by atoms with Crippen LogP contribution in [0.2, 0.25) is 0 Å². The van der Waals surface area contributed by atoms with Crippen molar-refractivity contribution in [3.63, 3.8) is 0 Å². The van der Waals surface area contributed by atoms with Gasteiger partial charge in [0.1, 0.15) is 4.32 Å². The molecular formula is C23H22N2O7S2. The molecule has 0 atom stereocenters. The van der Waals surface area contributed by atoms with Crippen LogP contribution in [0.1, 0.15) is 12.0 Å².